The third-order valence-electron chi connectivity index (χ3n) is 3.41. The number of aromatic nitrogens is 3. The molecule has 19 heavy (non-hydrogen) atoms. The van der Waals surface area contributed by atoms with E-state index < -0.39 is 0 Å². The maximum absolute atomic E-state index is 12.1. The predicted octanol–water partition coefficient (Wildman–Crippen LogP) is 1.66. The van der Waals surface area contributed by atoms with Crippen LogP contribution in [0.3, 0.4) is 0 Å². The Hall–Kier alpha value is -1.62. The number of carbonyl (C=O) groups is 1. The first kappa shape index (κ1) is 12.4. The van der Waals surface area contributed by atoms with E-state index in [1.54, 1.807) is 6.20 Å². The van der Waals surface area contributed by atoms with E-state index in [0.717, 1.165) is 36.4 Å². The molecule has 0 saturated carbocycles. The zero-order chi connectivity index (χ0) is 13.2. The van der Waals surface area contributed by atoms with Gasteiger partial charge in [0, 0.05) is 25.0 Å². The molecule has 100 valence electrons. The Bertz CT molecular complexity index is 610. The number of pyridine rings is 1. The minimum atomic E-state index is -0.216. The molecule has 0 bridgehead atoms. The van der Waals surface area contributed by atoms with Gasteiger partial charge in [0.05, 0.1) is 0 Å². The van der Waals surface area contributed by atoms with Crippen molar-refractivity contribution in [1.82, 2.24) is 19.9 Å². The van der Waals surface area contributed by atoms with Crippen LogP contribution in [-0.2, 0) is 11.2 Å². The van der Waals surface area contributed by atoms with Crippen LogP contribution in [-0.4, -0.2) is 32.9 Å². The van der Waals surface area contributed by atoms with E-state index in [9.17, 15) is 4.79 Å². The van der Waals surface area contributed by atoms with Crippen molar-refractivity contribution in [3.8, 4) is 0 Å². The molecule has 1 atom stereocenters. The molecule has 5 nitrogen and oxygen atoms in total. The lowest BCUT2D eigenvalue weighted by atomic mass is 10.1. The Labute approximate surface area is 116 Å². The van der Waals surface area contributed by atoms with Crippen molar-refractivity contribution in [2.24, 2.45) is 0 Å². The van der Waals surface area contributed by atoms with E-state index in [4.69, 9.17) is 11.6 Å². The number of alkyl halides is 1. The summed E-state index contributed by atoms with van der Waals surface area (Å²) in [7, 11) is 0. The summed E-state index contributed by atoms with van der Waals surface area (Å²) in [5, 5.41) is 2.91. The summed E-state index contributed by atoms with van der Waals surface area (Å²) in [6.45, 7) is 0.750. The largest absolute Gasteiger partial charge is 0.354 e. The summed E-state index contributed by atoms with van der Waals surface area (Å²) >= 11 is 5.84. The number of hydrogen-bond acceptors (Lipinski definition) is 3. The van der Waals surface area contributed by atoms with Gasteiger partial charge in [-0.25, -0.2) is 9.97 Å². The Kier molecular flexibility index (Phi) is 3.38. The van der Waals surface area contributed by atoms with Gasteiger partial charge >= 0.3 is 0 Å². The molecule has 2 aromatic heterocycles. The molecule has 1 saturated heterocycles. The highest BCUT2D eigenvalue weighted by Gasteiger charge is 2.27. The molecule has 0 radical (unpaired) electrons. The normalized spacial score (nSPS) is 19.6. The van der Waals surface area contributed by atoms with Gasteiger partial charge in [0.15, 0.2) is 5.65 Å². The van der Waals surface area contributed by atoms with Crippen molar-refractivity contribution in [2.75, 3.05) is 12.4 Å². The van der Waals surface area contributed by atoms with Crippen molar-refractivity contribution in [2.45, 2.75) is 25.3 Å². The summed E-state index contributed by atoms with van der Waals surface area (Å²) in [5.41, 5.74) is 1.59. The average Bonchev–Trinajstić information content (AvgIpc) is 2.78. The summed E-state index contributed by atoms with van der Waals surface area (Å²) in [5.74, 6) is 1.37. The third-order valence-corrected chi connectivity index (χ3v) is 3.60. The van der Waals surface area contributed by atoms with Gasteiger partial charge in [0.25, 0.3) is 0 Å². The van der Waals surface area contributed by atoms with Gasteiger partial charge in [-0.3, -0.25) is 9.36 Å². The molecule has 3 rings (SSSR count). The van der Waals surface area contributed by atoms with E-state index in [0.29, 0.717) is 12.3 Å². The summed E-state index contributed by atoms with van der Waals surface area (Å²) in [6.07, 6.45) is 4.17. The fourth-order valence-corrected chi connectivity index (χ4v) is 2.74. The monoisotopic (exact) mass is 278 g/mol. The number of carbonyl (C=O) groups excluding carboxylic acids is 1. The molecule has 6 heteroatoms. The SMILES string of the molecule is O=C1NCCCC1n1c(CCCl)nc2cccnc21. The van der Waals surface area contributed by atoms with Gasteiger partial charge in [-0.2, -0.15) is 0 Å². The van der Waals surface area contributed by atoms with Crippen LogP contribution in [0.1, 0.15) is 24.7 Å². The van der Waals surface area contributed by atoms with Crippen LogP contribution in [0.2, 0.25) is 0 Å². The van der Waals surface area contributed by atoms with Gasteiger partial charge in [-0.15, -0.1) is 11.6 Å². The highest BCUT2D eigenvalue weighted by Crippen LogP contribution is 2.25. The number of nitrogens with zero attached hydrogens (tertiary/aromatic N) is 3. The van der Waals surface area contributed by atoms with Crippen molar-refractivity contribution in [3.05, 3.63) is 24.2 Å². The zero-order valence-corrected chi connectivity index (χ0v) is 11.2. The average molecular weight is 279 g/mol. The minimum Gasteiger partial charge on any atom is -0.354 e. The van der Waals surface area contributed by atoms with Crippen LogP contribution in [0.5, 0.6) is 0 Å². The highest BCUT2D eigenvalue weighted by atomic mass is 35.5. The lowest BCUT2D eigenvalue weighted by molar-refractivity contribution is -0.125. The molecule has 2 aromatic rings. The number of amides is 1. The van der Waals surface area contributed by atoms with Crippen molar-refractivity contribution < 1.29 is 4.79 Å². The highest BCUT2D eigenvalue weighted by molar-refractivity contribution is 6.17. The first-order valence-electron chi connectivity index (χ1n) is 6.47. The molecule has 0 aliphatic carbocycles. The topological polar surface area (TPSA) is 59.8 Å². The number of rotatable bonds is 3. The van der Waals surface area contributed by atoms with Crippen molar-refractivity contribution in [1.29, 1.82) is 0 Å². The number of hydrogen-bond donors (Lipinski definition) is 1. The quantitative estimate of drug-likeness (QED) is 0.869. The van der Waals surface area contributed by atoms with Gasteiger partial charge in [-0.05, 0) is 25.0 Å². The number of halogens is 1. The number of imidazole rings is 1. The van der Waals surface area contributed by atoms with Gasteiger partial charge in [0.2, 0.25) is 5.91 Å². The molecule has 1 fully saturated rings. The fraction of sp³-hybridized carbons (Fsp3) is 0.462. The van der Waals surface area contributed by atoms with E-state index in [1.165, 1.54) is 0 Å². The maximum atomic E-state index is 12.1. The van der Waals surface area contributed by atoms with Crippen LogP contribution in [0.15, 0.2) is 18.3 Å². The molecule has 1 amide bonds. The van der Waals surface area contributed by atoms with Gasteiger partial charge in [-0.1, -0.05) is 0 Å². The molecule has 0 aromatic carbocycles. The fourth-order valence-electron chi connectivity index (χ4n) is 2.57. The van der Waals surface area contributed by atoms with E-state index in [2.05, 4.69) is 15.3 Å². The second-order valence-corrected chi connectivity index (χ2v) is 5.01. The van der Waals surface area contributed by atoms with Crippen LogP contribution >= 0.6 is 11.6 Å². The Morgan fingerprint density at radius 3 is 3.21 bits per heavy atom. The minimum absolute atomic E-state index is 0.0482. The molecular weight excluding hydrogens is 264 g/mol. The molecule has 1 N–H and O–H groups in total. The molecule has 0 spiro atoms. The standard InChI is InChI=1S/C13H15ClN4O/c14-6-5-11-17-9-3-1-7-15-12(9)18(11)10-4-2-8-16-13(10)19/h1,3,7,10H,2,4-6,8H2,(H,16,19). The second-order valence-electron chi connectivity index (χ2n) is 4.63. The zero-order valence-electron chi connectivity index (χ0n) is 10.5. The van der Waals surface area contributed by atoms with Crippen LogP contribution < -0.4 is 5.32 Å². The Morgan fingerprint density at radius 2 is 2.42 bits per heavy atom. The van der Waals surface area contributed by atoms with Crippen LogP contribution in [0, 0.1) is 0 Å². The number of aryl methyl sites for hydroxylation is 1. The summed E-state index contributed by atoms with van der Waals surface area (Å²) < 4.78 is 1.95. The third kappa shape index (κ3) is 2.18. The summed E-state index contributed by atoms with van der Waals surface area (Å²) in [6, 6.07) is 3.55. The summed E-state index contributed by atoms with van der Waals surface area (Å²) in [4.78, 5) is 21.0. The van der Waals surface area contributed by atoms with Crippen LogP contribution in [0.4, 0.5) is 0 Å². The number of fused-ring (bicyclic) bond motifs is 1. The van der Waals surface area contributed by atoms with E-state index in [-0.39, 0.29) is 11.9 Å². The molecule has 1 aliphatic rings. The van der Waals surface area contributed by atoms with Crippen molar-refractivity contribution in [3.63, 3.8) is 0 Å². The number of nitrogens with one attached hydrogen (secondary N) is 1. The molecule has 1 unspecified atom stereocenters. The van der Waals surface area contributed by atoms with Gasteiger partial charge < -0.3 is 5.32 Å². The smallest absolute Gasteiger partial charge is 0.243 e. The van der Waals surface area contributed by atoms with Crippen LogP contribution in [0.25, 0.3) is 11.2 Å². The predicted molar refractivity (Wildman–Crippen MR) is 73.2 cm³/mol. The molecule has 3 heterocycles. The maximum Gasteiger partial charge on any atom is 0.243 e. The number of piperidine rings is 1. The van der Waals surface area contributed by atoms with Crippen molar-refractivity contribution >= 4 is 28.7 Å². The molecule has 1 aliphatic heterocycles. The Balaban J connectivity index is 2.13. The van der Waals surface area contributed by atoms with E-state index >= 15 is 0 Å². The first-order chi connectivity index (χ1) is 9.31. The van der Waals surface area contributed by atoms with E-state index in [1.807, 2.05) is 16.7 Å². The molecular formula is C13H15ClN4O. The Morgan fingerprint density at radius 1 is 1.53 bits per heavy atom. The van der Waals surface area contributed by atoms with Gasteiger partial charge in [0.1, 0.15) is 17.4 Å². The first-order valence-corrected chi connectivity index (χ1v) is 7.00. The second kappa shape index (κ2) is 5.17. The lowest BCUT2D eigenvalue weighted by Crippen LogP contribution is -2.38. The lowest BCUT2D eigenvalue weighted by Gasteiger charge is -2.24.